The Morgan fingerprint density at radius 2 is 0.469 bits per heavy atom. The maximum Gasteiger partial charge on any atom is 0.472 e. The van der Waals surface area contributed by atoms with Crippen LogP contribution in [0.3, 0.4) is 0 Å². The molecular formula is C79H148O17P2. The van der Waals surface area contributed by atoms with Crippen LogP contribution in [-0.2, 0) is 65.4 Å². The van der Waals surface area contributed by atoms with Gasteiger partial charge in [-0.1, -0.05) is 295 Å². The van der Waals surface area contributed by atoms with Gasteiger partial charge in [-0.2, -0.15) is 0 Å². The summed E-state index contributed by atoms with van der Waals surface area (Å²) in [5.74, 6) is -2.16. The number of ether oxygens (including phenoxy) is 4. The maximum atomic E-state index is 13.1. The van der Waals surface area contributed by atoms with Crippen molar-refractivity contribution in [1.29, 1.82) is 0 Å². The number of hydrogen-bond donors (Lipinski definition) is 3. The van der Waals surface area contributed by atoms with Crippen LogP contribution in [0.1, 0.15) is 387 Å². The van der Waals surface area contributed by atoms with E-state index >= 15 is 0 Å². The second-order valence-electron chi connectivity index (χ2n) is 27.4. The van der Waals surface area contributed by atoms with Crippen LogP contribution in [0.25, 0.3) is 0 Å². The van der Waals surface area contributed by atoms with E-state index in [1.165, 1.54) is 167 Å². The van der Waals surface area contributed by atoms with E-state index in [0.717, 1.165) is 141 Å². The van der Waals surface area contributed by atoms with Crippen LogP contribution in [0.4, 0.5) is 0 Å². The van der Waals surface area contributed by atoms with E-state index in [1.54, 1.807) is 0 Å². The van der Waals surface area contributed by atoms with E-state index in [-0.39, 0.29) is 25.7 Å². The Balaban J connectivity index is 5.32. The summed E-state index contributed by atoms with van der Waals surface area (Å²) in [6.45, 7) is 4.92. The van der Waals surface area contributed by atoms with Gasteiger partial charge in [0.15, 0.2) is 12.2 Å². The number of rotatable bonds is 77. The molecule has 0 aliphatic heterocycles. The lowest BCUT2D eigenvalue weighted by Crippen LogP contribution is -2.30. The van der Waals surface area contributed by atoms with Crippen LogP contribution in [-0.4, -0.2) is 96.7 Å². The van der Waals surface area contributed by atoms with E-state index in [4.69, 9.17) is 37.0 Å². The first-order valence-corrected chi connectivity index (χ1v) is 43.2. The number of aliphatic hydroxyl groups excluding tert-OH is 1. The average Bonchev–Trinajstić information content (AvgIpc) is 1.04. The molecule has 0 radical (unpaired) electrons. The number of phosphoric acid groups is 2. The lowest BCUT2D eigenvalue weighted by molar-refractivity contribution is -0.161. The molecule has 0 bridgehead atoms. The summed E-state index contributed by atoms with van der Waals surface area (Å²) in [6, 6.07) is 0. The van der Waals surface area contributed by atoms with Gasteiger partial charge in [0.25, 0.3) is 0 Å². The maximum absolute atomic E-state index is 13.1. The minimum absolute atomic E-state index is 0.0898. The standard InChI is InChI=1S/C79H148O17P2/c1-5-9-13-17-21-25-29-33-36-40-43-47-51-55-59-63-76(81)89-69-74(95-78(83)65-61-57-53-49-45-39-32-28-24-20-16-12-8-4)71-93-97(85,86)91-67-73(80)68-92-98(87,88)94-72-75(96-79(84)66-62-58-54-50-46-42-38-35-31-27-23-19-15-11-7-3)70-90-77(82)64-60-56-52-48-44-41-37-34-30-26-22-18-14-10-6-2/h33-38,73-75,80H,5-32,39-72H2,1-4H3,(H,85,86)(H,87,88). The second kappa shape index (κ2) is 72.6. The zero-order valence-corrected chi connectivity index (χ0v) is 64.8. The molecule has 0 amide bonds. The van der Waals surface area contributed by atoms with Gasteiger partial charge in [-0.3, -0.25) is 37.3 Å². The molecule has 0 saturated heterocycles. The van der Waals surface area contributed by atoms with Crippen molar-refractivity contribution in [2.75, 3.05) is 39.6 Å². The highest BCUT2D eigenvalue weighted by molar-refractivity contribution is 7.47. The zero-order chi connectivity index (χ0) is 71.8. The first-order valence-electron chi connectivity index (χ1n) is 40.2. The van der Waals surface area contributed by atoms with Crippen LogP contribution in [0.5, 0.6) is 0 Å². The monoisotopic (exact) mass is 1430 g/mol. The lowest BCUT2D eigenvalue weighted by Gasteiger charge is -2.21. The fourth-order valence-corrected chi connectivity index (χ4v) is 13.0. The predicted octanol–water partition coefficient (Wildman–Crippen LogP) is 23.1. The minimum Gasteiger partial charge on any atom is -0.462 e. The smallest absolute Gasteiger partial charge is 0.462 e. The van der Waals surface area contributed by atoms with Gasteiger partial charge < -0.3 is 33.8 Å². The number of unbranched alkanes of at least 4 members (excludes halogenated alkanes) is 45. The molecule has 98 heavy (non-hydrogen) atoms. The van der Waals surface area contributed by atoms with Crippen molar-refractivity contribution in [3.8, 4) is 0 Å². The highest BCUT2D eigenvalue weighted by Gasteiger charge is 2.30. The van der Waals surface area contributed by atoms with Crippen LogP contribution < -0.4 is 0 Å². The SMILES string of the molecule is CCCCCCCCC=CCCCCCCCC(=O)OCC(COP(=O)(O)OCC(O)COP(=O)(O)OCC(COC(=O)CCCCCCCC=CCCCCCCCC)OC(=O)CCCCCCCCCCCCCCC)OC(=O)CCCCCCCC=CCCCCCCCC. The topological polar surface area (TPSA) is 237 Å². The number of allylic oxidation sites excluding steroid dienone is 6. The Hall–Kier alpha value is -2.72. The third-order valence-corrected chi connectivity index (χ3v) is 19.5. The first kappa shape index (κ1) is 95.3. The quantitative estimate of drug-likeness (QED) is 0.0169. The molecule has 17 nitrogen and oxygen atoms in total. The van der Waals surface area contributed by atoms with Crippen molar-refractivity contribution in [2.24, 2.45) is 0 Å². The van der Waals surface area contributed by atoms with Crippen molar-refractivity contribution in [3.63, 3.8) is 0 Å². The summed E-state index contributed by atoms with van der Waals surface area (Å²) in [5.41, 5.74) is 0. The Labute approximate surface area is 598 Å². The molecule has 0 heterocycles. The Morgan fingerprint density at radius 3 is 0.704 bits per heavy atom. The normalized spacial score (nSPS) is 14.1. The van der Waals surface area contributed by atoms with E-state index in [9.17, 15) is 43.2 Å². The third-order valence-electron chi connectivity index (χ3n) is 17.6. The molecule has 0 fully saturated rings. The molecule has 3 N–H and O–H groups in total. The van der Waals surface area contributed by atoms with Gasteiger partial charge in [0.05, 0.1) is 26.4 Å². The highest BCUT2D eigenvalue weighted by atomic mass is 31.2. The van der Waals surface area contributed by atoms with Crippen LogP contribution in [0.2, 0.25) is 0 Å². The van der Waals surface area contributed by atoms with Gasteiger partial charge in [0, 0.05) is 25.7 Å². The molecule has 0 aliphatic carbocycles. The summed E-state index contributed by atoms with van der Waals surface area (Å²) in [4.78, 5) is 72.9. The number of esters is 4. The largest absolute Gasteiger partial charge is 0.472 e. The molecule has 0 spiro atoms. The van der Waals surface area contributed by atoms with Gasteiger partial charge >= 0.3 is 39.5 Å². The molecule has 0 saturated carbocycles. The van der Waals surface area contributed by atoms with E-state index < -0.39 is 97.5 Å². The molecule has 5 unspecified atom stereocenters. The molecular weight excluding hydrogens is 1280 g/mol. The van der Waals surface area contributed by atoms with E-state index in [0.29, 0.717) is 25.7 Å². The molecule has 0 rings (SSSR count). The molecule has 0 aromatic carbocycles. The lowest BCUT2D eigenvalue weighted by atomic mass is 10.0. The van der Waals surface area contributed by atoms with Gasteiger partial charge in [0.2, 0.25) is 0 Å². The molecule has 0 aromatic heterocycles. The Bertz CT molecular complexity index is 2000. The zero-order valence-electron chi connectivity index (χ0n) is 63.0. The summed E-state index contributed by atoms with van der Waals surface area (Å²) >= 11 is 0. The molecule has 0 aliphatic rings. The van der Waals surface area contributed by atoms with Gasteiger partial charge in [-0.05, 0) is 103 Å². The number of aliphatic hydroxyl groups is 1. The first-order chi connectivity index (χ1) is 47.7. The van der Waals surface area contributed by atoms with Crippen molar-refractivity contribution in [2.45, 2.75) is 406 Å². The predicted molar refractivity (Wildman–Crippen MR) is 400 cm³/mol. The second-order valence-corrected chi connectivity index (χ2v) is 30.3. The van der Waals surface area contributed by atoms with Crippen molar-refractivity contribution >= 4 is 39.5 Å². The number of hydrogen-bond acceptors (Lipinski definition) is 15. The summed E-state index contributed by atoms with van der Waals surface area (Å²) in [7, 11) is -9.93. The van der Waals surface area contributed by atoms with Crippen molar-refractivity contribution < 1.29 is 80.2 Å². The number of phosphoric ester groups is 2. The fourth-order valence-electron chi connectivity index (χ4n) is 11.4. The summed E-state index contributed by atoms with van der Waals surface area (Å²) in [5, 5.41) is 10.6. The fraction of sp³-hybridized carbons (Fsp3) is 0.873. The van der Waals surface area contributed by atoms with Crippen LogP contribution in [0.15, 0.2) is 36.5 Å². The van der Waals surface area contributed by atoms with Crippen LogP contribution in [0, 0.1) is 0 Å². The van der Waals surface area contributed by atoms with E-state index in [2.05, 4.69) is 64.2 Å². The van der Waals surface area contributed by atoms with Crippen molar-refractivity contribution in [1.82, 2.24) is 0 Å². The number of carbonyl (C=O) groups excluding carboxylic acids is 4. The summed E-state index contributed by atoms with van der Waals surface area (Å²) < 4.78 is 68.6. The Morgan fingerprint density at radius 1 is 0.276 bits per heavy atom. The third kappa shape index (κ3) is 71.7. The van der Waals surface area contributed by atoms with Gasteiger partial charge in [-0.15, -0.1) is 0 Å². The molecule has 576 valence electrons. The molecule has 19 heteroatoms. The molecule has 0 aromatic rings. The summed E-state index contributed by atoms with van der Waals surface area (Å²) in [6.07, 6.45) is 68.3. The minimum atomic E-state index is -4.97. The Kier molecular flexibility index (Phi) is 70.6. The van der Waals surface area contributed by atoms with E-state index in [1.807, 2.05) is 0 Å². The van der Waals surface area contributed by atoms with Crippen LogP contribution >= 0.6 is 15.6 Å². The van der Waals surface area contributed by atoms with Crippen molar-refractivity contribution in [3.05, 3.63) is 36.5 Å². The average molecular weight is 1430 g/mol. The van der Waals surface area contributed by atoms with Gasteiger partial charge in [0.1, 0.15) is 19.3 Å². The molecule has 5 atom stereocenters. The highest BCUT2D eigenvalue weighted by Crippen LogP contribution is 2.45. The van der Waals surface area contributed by atoms with Gasteiger partial charge in [-0.25, -0.2) is 9.13 Å². The number of carbonyl (C=O) groups is 4.